The Kier molecular flexibility index (Phi) is 13.4. The molecule has 6 nitrogen and oxygen atoms in total. The van der Waals surface area contributed by atoms with Crippen molar-refractivity contribution >= 4 is 35.9 Å². The van der Waals surface area contributed by atoms with Gasteiger partial charge in [0, 0.05) is 45.2 Å². The second kappa shape index (κ2) is 13.7. The molecule has 1 rings (SSSR count). The monoisotopic (exact) mass is 454 g/mol. The Balaban J connectivity index is 0.00000529. The lowest BCUT2D eigenvalue weighted by atomic mass is 10.0. The maximum atomic E-state index is 11.0. The molecule has 0 aromatic rings. The number of piperidine rings is 1. The highest BCUT2D eigenvalue weighted by atomic mass is 127. The van der Waals surface area contributed by atoms with Gasteiger partial charge < -0.3 is 20.3 Å². The number of guanidine groups is 1. The number of rotatable bonds is 8. The maximum Gasteiger partial charge on any atom is 0.305 e. The molecule has 0 bridgehead atoms. The summed E-state index contributed by atoms with van der Waals surface area (Å²) in [4.78, 5) is 17.8. The van der Waals surface area contributed by atoms with E-state index in [4.69, 9.17) is 0 Å². The van der Waals surface area contributed by atoms with Gasteiger partial charge in [0.05, 0.1) is 7.11 Å². The number of hydrogen-bond donors (Lipinski definition) is 2. The predicted molar refractivity (Wildman–Crippen MR) is 110 cm³/mol. The smallest absolute Gasteiger partial charge is 0.305 e. The number of nitrogens with one attached hydrogen (secondary N) is 2. The first-order valence-electron chi connectivity index (χ1n) is 8.84. The zero-order chi connectivity index (χ0) is 17.1. The van der Waals surface area contributed by atoms with Crippen LogP contribution in [-0.4, -0.2) is 62.7 Å². The molecule has 0 unspecified atom stereocenters. The number of halogens is 1. The van der Waals surface area contributed by atoms with Gasteiger partial charge in [0.2, 0.25) is 0 Å². The summed E-state index contributed by atoms with van der Waals surface area (Å²) in [6.45, 7) is 7.70. The lowest BCUT2D eigenvalue weighted by molar-refractivity contribution is -0.140. The Morgan fingerprint density at radius 1 is 1.25 bits per heavy atom. The van der Waals surface area contributed by atoms with Crippen molar-refractivity contribution in [3.05, 3.63) is 0 Å². The van der Waals surface area contributed by atoms with Crippen molar-refractivity contribution in [3.8, 4) is 0 Å². The van der Waals surface area contributed by atoms with Gasteiger partial charge in [-0.25, -0.2) is 0 Å². The predicted octanol–water partition coefficient (Wildman–Crippen LogP) is 2.38. The van der Waals surface area contributed by atoms with E-state index < -0.39 is 0 Å². The lowest BCUT2D eigenvalue weighted by Crippen LogP contribution is -2.49. The third kappa shape index (κ3) is 9.66. The molecule has 24 heavy (non-hydrogen) atoms. The normalized spacial score (nSPS) is 16.6. The van der Waals surface area contributed by atoms with Crippen molar-refractivity contribution in [1.29, 1.82) is 0 Å². The summed E-state index contributed by atoms with van der Waals surface area (Å²) in [6.07, 6.45) is 5.78. The van der Waals surface area contributed by atoms with Crippen LogP contribution in [0.4, 0.5) is 0 Å². The minimum atomic E-state index is -0.122. The van der Waals surface area contributed by atoms with Gasteiger partial charge >= 0.3 is 5.97 Å². The number of hydrogen-bond acceptors (Lipinski definition) is 4. The molecular weight excluding hydrogens is 419 g/mol. The van der Waals surface area contributed by atoms with Gasteiger partial charge in [0.1, 0.15) is 0 Å². The molecule has 7 heteroatoms. The quantitative estimate of drug-likeness (QED) is 0.194. The van der Waals surface area contributed by atoms with E-state index in [-0.39, 0.29) is 29.9 Å². The fraction of sp³-hybridized carbons (Fsp3) is 0.882. The number of aliphatic imine (C=N–C) groups is 1. The van der Waals surface area contributed by atoms with Crippen LogP contribution in [0.5, 0.6) is 0 Å². The average molecular weight is 454 g/mol. The standard InChI is InChI=1S/C17H34N4O2.HI/c1-14(2)21-12-9-15(10-13-21)20-17(18-3)19-11-7-5-6-8-16(22)23-4;/h14-15H,5-13H2,1-4H3,(H2,18,19,20);1H. The van der Waals surface area contributed by atoms with Gasteiger partial charge in [0.15, 0.2) is 5.96 Å². The molecule has 1 heterocycles. The number of carbonyl (C=O) groups excluding carboxylic acids is 1. The molecule has 142 valence electrons. The molecular formula is C17H35IN4O2. The van der Waals surface area contributed by atoms with Crippen molar-refractivity contribution in [3.63, 3.8) is 0 Å². The van der Waals surface area contributed by atoms with E-state index in [9.17, 15) is 4.79 Å². The van der Waals surface area contributed by atoms with Crippen molar-refractivity contribution in [1.82, 2.24) is 15.5 Å². The SMILES string of the molecule is CN=C(NCCCCCC(=O)OC)NC1CCN(C(C)C)CC1.I. The van der Waals surface area contributed by atoms with Gasteiger partial charge in [0.25, 0.3) is 0 Å². The van der Waals surface area contributed by atoms with Crippen LogP contribution in [0.2, 0.25) is 0 Å². The van der Waals surface area contributed by atoms with Crippen LogP contribution in [0.3, 0.4) is 0 Å². The minimum absolute atomic E-state index is 0. The number of methoxy groups -OCH3 is 1. The van der Waals surface area contributed by atoms with Crippen LogP contribution >= 0.6 is 24.0 Å². The Bertz CT molecular complexity index is 370. The van der Waals surface area contributed by atoms with E-state index in [1.807, 2.05) is 7.05 Å². The highest BCUT2D eigenvalue weighted by molar-refractivity contribution is 14.0. The van der Waals surface area contributed by atoms with E-state index in [1.165, 1.54) is 7.11 Å². The molecule has 1 aliphatic rings. The van der Waals surface area contributed by atoms with Crippen molar-refractivity contribution in [2.24, 2.45) is 4.99 Å². The molecule has 1 saturated heterocycles. The largest absolute Gasteiger partial charge is 0.469 e. The molecule has 0 atom stereocenters. The van der Waals surface area contributed by atoms with Gasteiger partial charge in [-0.2, -0.15) is 0 Å². The van der Waals surface area contributed by atoms with Crippen LogP contribution in [-0.2, 0) is 9.53 Å². The summed E-state index contributed by atoms with van der Waals surface area (Å²) in [6, 6.07) is 1.15. The molecule has 1 aliphatic heterocycles. The van der Waals surface area contributed by atoms with Crippen LogP contribution in [0.1, 0.15) is 52.4 Å². The first kappa shape index (κ1) is 23.4. The van der Waals surface area contributed by atoms with E-state index in [2.05, 4.69) is 39.1 Å². The van der Waals surface area contributed by atoms with E-state index in [0.717, 1.165) is 57.7 Å². The maximum absolute atomic E-state index is 11.0. The van der Waals surface area contributed by atoms with E-state index >= 15 is 0 Å². The molecule has 0 aliphatic carbocycles. The van der Waals surface area contributed by atoms with Crippen LogP contribution in [0.15, 0.2) is 4.99 Å². The van der Waals surface area contributed by atoms with Crippen LogP contribution < -0.4 is 10.6 Å². The number of esters is 1. The molecule has 0 amide bonds. The first-order chi connectivity index (χ1) is 11.1. The molecule has 0 saturated carbocycles. The van der Waals surface area contributed by atoms with Crippen LogP contribution in [0, 0.1) is 0 Å². The zero-order valence-corrected chi connectivity index (χ0v) is 18.0. The number of carbonyl (C=O) groups is 1. The number of ether oxygens (including phenoxy) is 1. The fourth-order valence-electron chi connectivity index (χ4n) is 2.83. The summed E-state index contributed by atoms with van der Waals surface area (Å²) in [5.74, 6) is 0.768. The summed E-state index contributed by atoms with van der Waals surface area (Å²) in [5.41, 5.74) is 0. The fourth-order valence-corrected chi connectivity index (χ4v) is 2.83. The molecule has 0 aromatic carbocycles. The van der Waals surface area contributed by atoms with Gasteiger partial charge in [-0.3, -0.25) is 9.79 Å². The lowest BCUT2D eigenvalue weighted by Gasteiger charge is -2.35. The molecule has 1 fully saturated rings. The van der Waals surface area contributed by atoms with Crippen LogP contribution in [0.25, 0.3) is 0 Å². The average Bonchev–Trinajstić information content (AvgIpc) is 2.56. The van der Waals surface area contributed by atoms with Gasteiger partial charge in [-0.05, 0) is 39.5 Å². The Morgan fingerprint density at radius 2 is 1.92 bits per heavy atom. The van der Waals surface area contributed by atoms with Crippen molar-refractivity contribution < 1.29 is 9.53 Å². The third-order valence-electron chi connectivity index (χ3n) is 4.40. The van der Waals surface area contributed by atoms with Gasteiger partial charge in [-0.1, -0.05) is 6.42 Å². The topological polar surface area (TPSA) is 66.0 Å². The summed E-state index contributed by atoms with van der Waals surface area (Å²) in [7, 11) is 3.25. The van der Waals surface area contributed by atoms with Gasteiger partial charge in [-0.15, -0.1) is 24.0 Å². The van der Waals surface area contributed by atoms with E-state index in [1.54, 1.807) is 0 Å². The minimum Gasteiger partial charge on any atom is -0.469 e. The summed E-state index contributed by atoms with van der Waals surface area (Å²) >= 11 is 0. The Hall–Kier alpha value is -0.570. The summed E-state index contributed by atoms with van der Waals surface area (Å²) in [5, 5.41) is 6.88. The highest BCUT2D eigenvalue weighted by Gasteiger charge is 2.21. The second-order valence-electron chi connectivity index (χ2n) is 6.43. The van der Waals surface area contributed by atoms with Crippen molar-refractivity contribution in [2.45, 2.75) is 64.5 Å². The first-order valence-corrected chi connectivity index (χ1v) is 8.84. The number of likely N-dealkylation sites (tertiary alicyclic amines) is 1. The number of nitrogens with zero attached hydrogens (tertiary/aromatic N) is 2. The van der Waals surface area contributed by atoms with E-state index in [0.29, 0.717) is 18.5 Å². The molecule has 2 N–H and O–H groups in total. The summed E-state index contributed by atoms with van der Waals surface area (Å²) < 4.78 is 4.63. The second-order valence-corrected chi connectivity index (χ2v) is 6.43. The molecule has 0 spiro atoms. The Morgan fingerprint density at radius 3 is 2.46 bits per heavy atom. The molecule has 0 radical (unpaired) electrons. The molecule has 0 aromatic heterocycles. The Labute approximate surface area is 164 Å². The third-order valence-corrected chi connectivity index (χ3v) is 4.40. The zero-order valence-electron chi connectivity index (χ0n) is 15.6. The number of unbranched alkanes of at least 4 members (excludes halogenated alkanes) is 2. The van der Waals surface area contributed by atoms with Crippen molar-refractivity contribution in [2.75, 3.05) is 33.8 Å². The highest BCUT2D eigenvalue weighted by Crippen LogP contribution is 2.12.